The van der Waals surface area contributed by atoms with Crippen LogP contribution in [-0.4, -0.2) is 44.8 Å². The van der Waals surface area contributed by atoms with Crippen molar-refractivity contribution in [3.8, 4) is 11.5 Å². The second-order valence-corrected chi connectivity index (χ2v) is 7.56. The predicted molar refractivity (Wildman–Crippen MR) is 99.9 cm³/mol. The minimum atomic E-state index is -4.24. The third kappa shape index (κ3) is 4.76. The van der Waals surface area contributed by atoms with Gasteiger partial charge < -0.3 is 19.7 Å². The Morgan fingerprint density at radius 1 is 1.17 bits per heavy atom. The Morgan fingerprint density at radius 3 is 2.55 bits per heavy atom. The van der Waals surface area contributed by atoms with E-state index < -0.39 is 24.1 Å². The van der Waals surface area contributed by atoms with E-state index >= 15 is 0 Å². The van der Waals surface area contributed by atoms with Crippen LogP contribution in [0.3, 0.4) is 0 Å². The summed E-state index contributed by atoms with van der Waals surface area (Å²) < 4.78 is 49.4. The Labute approximate surface area is 167 Å². The molecule has 1 aliphatic heterocycles. The topological polar surface area (TPSA) is 67.9 Å². The minimum Gasteiger partial charge on any atom is -0.493 e. The first kappa shape index (κ1) is 21.3. The summed E-state index contributed by atoms with van der Waals surface area (Å²) in [5.41, 5.74) is 0.581. The number of hydrogen-bond acceptors (Lipinski definition) is 4. The Balaban J connectivity index is 1.63. The summed E-state index contributed by atoms with van der Waals surface area (Å²) >= 11 is 0. The van der Waals surface area contributed by atoms with Gasteiger partial charge in [-0.2, -0.15) is 13.2 Å². The van der Waals surface area contributed by atoms with Crippen molar-refractivity contribution in [1.82, 2.24) is 5.32 Å². The van der Waals surface area contributed by atoms with Crippen molar-refractivity contribution < 1.29 is 32.2 Å². The number of amides is 2. The Hall–Kier alpha value is -2.45. The zero-order valence-electron chi connectivity index (χ0n) is 16.4. The molecule has 3 unspecified atom stereocenters. The fourth-order valence-electron chi connectivity index (χ4n) is 4.06. The molecule has 3 atom stereocenters. The summed E-state index contributed by atoms with van der Waals surface area (Å²) in [6.45, 7) is 0.176. The van der Waals surface area contributed by atoms with Crippen LogP contribution in [0, 0.1) is 11.8 Å². The fraction of sp³-hybridized carbons (Fsp3) is 0.600. The molecule has 29 heavy (non-hydrogen) atoms. The molecule has 160 valence electrons. The van der Waals surface area contributed by atoms with Crippen molar-refractivity contribution in [2.24, 2.45) is 11.8 Å². The number of rotatable bonds is 5. The molecule has 1 heterocycles. The molecule has 0 aromatic heterocycles. The van der Waals surface area contributed by atoms with E-state index in [2.05, 4.69) is 5.32 Å². The highest BCUT2D eigenvalue weighted by atomic mass is 19.4. The van der Waals surface area contributed by atoms with Crippen LogP contribution in [0.25, 0.3) is 0 Å². The van der Waals surface area contributed by atoms with Crippen molar-refractivity contribution in [2.45, 2.75) is 44.3 Å². The summed E-state index contributed by atoms with van der Waals surface area (Å²) in [6, 6.07) is 4.53. The van der Waals surface area contributed by atoms with E-state index in [0.29, 0.717) is 30.0 Å². The summed E-state index contributed by atoms with van der Waals surface area (Å²) in [5.74, 6) is -1.57. The lowest BCUT2D eigenvalue weighted by Gasteiger charge is -2.31. The van der Waals surface area contributed by atoms with Gasteiger partial charge in [-0.15, -0.1) is 0 Å². The Bertz CT molecular complexity index is 769. The van der Waals surface area contributed by atoms with Gasteiger partial charge in [-0.05, 0) is 31.4 Å². The van der Waals surface area contributed by atoms with Gasteiger partial charge in [-0.3, -0.25) is 9.59 Å². The maximum Gasteiger partial charge on any atom is 0.391 e. The zero-order valence-corrected chi connectivity index (χ0v) is 16.4. The van der Waals surface area contributed by atoms with Crippen molar-refractivity contribution in [2.75, 3.05) is 25.7 Å². The molecule has 0 spiro atoms. The number of alkyl halides is 3. The number of nitrogens with one attached hydrogen (secondary N) is 1. The smallest absolute Gasteiger partial charge is 0.391 e. The lowest BCUT2D eigenvalue weighted by molar-refractivity contribution is -0.184. The van der Waals surface area contributed by atoms with Crippen LogP contribution in [0.4, 0.5) is 18.9 Å². The third-order valence-electron chi connectivity index (χ3n) is 5.66. The third-order valence-corrected chi connectivity index (χ3v) is 5.66. The lowest BCUT2D eigenvalue weighted by Crippen LogP contribution is -2.44. The van der Waals surface area contributed by atoms with Crippen molar-refractivity contribution in [3.05, 3.63) is 18.2 Å². The molecule has 1 saturated carbocycles. The number of nitrogens with zero attached hydrogens (tertiary/aromatic N) is 1. The normalized spacial score (nSPS) is 25.1. The summed E-state index contributed by atoms with van der Waals surface area (Å²) in [5, 5.41) is 2.73. The van der Waals surface area contributed by atoms with Crippen LogP contribution in [-0.2, 0) is 9.59 Å². The van der Waals surface area contributed by atoms with Crippen molar-refractivity contribution in [1.29, 1.82) is 0 Å². The molecule has 1 aromatic carbocycles. The molecule has 6 nitrogen and oxygen atoms in total. The van der Waals surface area contributed by atoms with E-state index in [1.807, 2.05) is 0 Å². The maximum absolute atomic E-state index is 13.0. The number of benzene rings is 1. The summed E-state index contributed by atoms with van der Waals surface area (Å²) in [6.07, 6.45) is -3.26. The average Bonchev–Trinajstić information content (AvgIpc) is 3.09. The number of hydrogen-bond donors (Lipinski definition) is 1. The lowest BCUT2D eigenvalue weighted by atomic mass is 9.85. The number of anilines is 1. The van der Waals surface area contributed by atoms with Crippen molar-refractivity contribution in [3.63, 3.8) is 0 Å². The van der Waals surface area contributed by atoms with Crippen LogP contribution < -0.4 is 19.7 Å². The SMILES string of the molecule is COc1ccc(N2CC(C(=O)NC3CCCC(C(F)(F)F)C3)CC2=O)cc1OC. The van der Waals surface area contributed by atoms with E-state index in [1.54, 1.807) is 18.2 Å². The number of halogens is 3. The first-order valence-corrected chi connectivity index (χ1v) is 9.62. The second kappa shape index (κ2) is 8.51. The summed E-state index contributed by atoms with van der Waals surface area (Å²) in [4.78, 5) is 26.5. The molecule has 1 N–H and O–H groups in total. The highest BCUT2D eigenvalue weighted by Crippen LogP contribution is 2.38. The summed E-state index contributed by atoms with van der Waals surface area (Å²) in [7, 11) is 3.00. The first-order valence-electron chi connectivity index (χ1n) is 9.62. The Kier molecular flexibility index (Phi) is 6.24. The predicted octanol–water partition coefficient (Wildman–Crippen LogP) is 3.29. The van der Waals surface area contributed by atoms with E-state index in [9.17, 15) is 22.8 Å². The number of carbonyl (C=O) groups is 2. The quantitative estimate of drug-likeness (QED) is 0.803. The second-order valence-electron chi connectivity index (χ2n) is 7.56. The highest BCUT2D eigenvalue weighted by molar-refractivity contribution is 6.00. The van der Waals surface area contributed by atoms with Crippen LogP contribution >= 0.6 is 0 Å². The molecule has 0 bridgehead atoms. The minimum absolute atomic E-state index is 0.0234. The van der Waals surface area contributed by atoms with Gasteiger partial charge in [-0.25, -0.2) is 0 Å². The van der Waals surface area contributed by atoms with Crippen LogP contribution in [0.2, 0.25) is 0 Å². The van der Waals surface area contributed by atoms with Crippen LogP contribution in [0.5, 0.6) is 11.5 Å². The monoisotopic (exact) mass is 414 g/mol. The largest absolute Gasteiger partial charge is 0.493 e. The van der Waals surface area contributed by atoms with Gasteiger partial charge in [0.25, 0.3) is 0 Å². The molecule has 9 heteroatoms. The zero-order chi connectivity index (χ0) is 21.2. The van der Waals surface area contributed by atoms with Crippen LogP contribution in [0.15, 0.2) is 18.2 Å². The van der Waals surface area contributed by atoms with E-state index in [1.165, 1.54) is 19.1 Å². The van der Waals surface area contributed by atoms with Gasteiger partial charge in [0.05, 0.1) is 26.1 Å². The molecule has 1 aromatic rings. The van der Waals surface area contributed by atoms with E-state index in [4.69, 9.17) is 9.47 Å². The maximum atomic E-state index is 13.0. The van der Waals surface area contributed by atoms with Crippen molar-refractivity contribution >= 4 is 17.5 Å². The highest BCUT2D eigenvalue weighted by Gasteiger charge is 2.43. The molecular weight excluding hydrogens is 389 g/mol. The molecular formula is C20H25F3N2O4. The average molecular weight is 414 g/mol. The molecule has 1 saturated heterocycles. The van der Waals surface area contributed by atoms with Gasteiger partial charge >= 0.3 is 6.18 Å². The van der Waals surface area contributed by atoms with Gasteiger partial charge in [0.15, 0.2) is 11.5 Å². The van der Waals surface area contributed by atoms with Gasteiger partial charge in [0, 0.05) is 30.8 Å². The molecule has 3 rings (SSSR count). The van der Waals surface area contributed by atoms with E-state index in [-0.39, 0.29) is 37.6 Å². The first-order chi connectivity index (χ1) is 13.7. The molecule has 2 fully saturated rings. The molecule has 2 aliphatic rings. The number of ether oxygens (including phenoxy) is 2. The molecule has 0 radical (unpaired) electrons. The number of carbonyl (C=O) groups excluding carboxylic acids is 2. The standard InChI is InChI=1S/C20H25F3N2O4/c1-28-16-7-6-15(10-17(16)29-2)25-11-12(8-18(25)26)19(27)24-14-5-3-4-13(9-14)20(21,22)23/h6-7,10,12-14H,3-5,8-9,11H2,1-2H3,(H,24,27). The number of methoxy groups -OCH3 is 2. The molecule has 1 aliphatic carbocycles. The fourth-order valence-corrected chi connectivity index (χ4v) is 4.06. The van der Waals surface area contributed by atoms with Gasteiger partial charge in [0.1, 0.15) is 0 Å². The van der Waals surface area contributed by atoms with Crippen LogP contribution in [0.1, 0.15) is 32.1 Å². The Morgan fingerprint density at radius 2 is 1.90 bits per heavy atom. The van der Waals surface area contributed by atoms with Gasteiger partial charge in [-0.1, -0.05) is 6.42 Å². The molecule has 2 amide bonds. The van der Waals surface area contributed by atoms with E-state index in [0.717, 1.165) is 0 Å². The van der Waals surface area contributed by atoms with Gasteiger partial charge in [0.2, 0.25) is 11.8 Å².